The van der Waals surface area contributed by atoms with Gasteiger partial charge in [-0.25, -0.2) is 4.98 Å². The smallest absolute Gasteiger partial charge is 0.261 e. The largest absolute Gasteiger partial charge is 0.336 e. The summed E-state index contributed by atoms with van der Waals surface area (Å²) in [6.07, 6.45) is 5.17. The van der Waals surface area contributed by atoms with Crippen LogP contribution in [0.15, 0.2) is 76.8 Å². The molecule has 118 valence electrons. The van der Waals surface area contributed by atoms with Gasteiger partial charge in [-0.15, -0.1) is 0 Å². The van der Waals surface area contributed by atoms with E-state index in [1.54, 1.807) is 24.7 Å². The van der Waals surface area contributed by atoms with Crippen LogP contribution in [-0.4, -0.2) is 14.1 Å². The standard InChI is InChI=1S/C19H15N3O2/c23-18-16-7-3-1-5-14(16)15-6-2-4-8-17(15)19(24)22(18)12-11-21-10-9-20-13-21/h1-10,13H,11-12H2. The van der Waals surface area contributed by atoms with Crippen molar-refractivity contribution in [3.05, 3.63) is 88.0 Å². The van der Waals surface area contributed by atoms with E-state index in [1.165, 1.54) is 4.57 Å². The van der Waals surface area contributed by atoms with Crippen molar-refractivity contribution < 1.29 is 0 Å². The van der Waals surface area contributed by atoms with E-state index in [1.807, 2.05) is 47.2 Å². The molecule has 2 heterocycles. The maximum Gasteiger partial charge on any atom is 0.261 e. The van der Waals surface area contributed by atoms with Crippen LogP contribution in [0.4, 0.5) is 0 Å². The highest BCUT2D eigenvalue weighted by molar-refractivity contribution is 6.05. The Morgan fingerprint density at radius 2 is 1.29 bits per heavy atom. The molecule has 2 aromatic heterocycles. The molecule has 0 aliphatic heterocycles. The molecule has 5 heteroatoms. The normalized spacial score (nSPS) is 11.2. The molecule has 0 aliphatic carbocycles. The molecule has 0 spiro atoms. The van der Waals surface area contributed by atoms with Crippen LogP contribution in [0.25, 0.3) is 21.5 Å². The Kier molecular flexibility index (Phi) is 3.46. The van der Waals surface area contributed by atoms with Crippen molar-refractivity contribution in [2.75, 3.05) is 0 Å². The van der Waals surface area contributed by atoms with E-state index in [0.717, 1.165) is 10.8 Å². The van der Waals surface area contributed by atoms with E-state index in [2.05, 4.69) is 4.98 Å². The molecule has 0 saturated carbocycles. The molecule has 5 nitrogen and oxygen atoms in total. The van der Waals surface area contributed by atoms with Gasteiger partial charge in [0.15, 0.2) is 0 Å². The number of hydrogen-bond donors (Lipinski definition) is 0. The van der Waals surface area contributed by atoms with E-state index in [-0.39, 0.29) is 11.1 Å². The Bertz CT molecular complexity index is 1070. The van der Waals surface area contributed by atoms with Crippen molar-refractivity contribution in [1.29, 1.82) is 0 Å². The molecular formula is C19H15N3O2. The van der Waals surface area contributed by atoms with E-state index >= 15 is 0 Å². The maximum absolute atomic E-state index is 13.0. The Hall–Kier alpha value is -3.21. The van der Waals surface area contributed by atoms with E-state index < -0.39 is 0 Å². The molecule has 0 atom stereocenters. The summed E-state index contributed by atoms with van der Waals surface area (Å²) in [5, 5.41) is 2.72. The summed E-state index contributed by atoms with van der Waals surface area (Å²) in [6.45, 7) is 0.818. The third-order valence-corrected chi connectivity index (χ3v) is 4.24. The first-order chi connectivity index (χ1) is 11.8. The highest BCUT2D eigenvalue weighted by Crippen LogP contribution is 2.19. The molecule has 0 saturated heterocycles. The van der Waals surface area contributed by atoms with Crippen molar-refractivity contribution in [2.24, 2.45) is 0 Å². The average Bonchev–Trinajstić information content (AvgIpc) is 3.12. The lowest BCUT2D eigenvalue weighted by Gasteiger charge is -2.03. The summed E-state index contributed by atoms with van der Waals surface area (Å²) in [5.41, 5.74) is -0.515. The van der Waals surface area contributed by atoms with Gasteiger partial charge in [-0.05, 0) is 22.9 Å². The lowest BCUT2D eigenvalue weighted by atomic mass is 10.1. The molecule has 0 radical (unpaired) electrons. The predicted molar refractivity (Wildman–Crippen MR) is 94.2 cm³/mol. The first kappa shape index (κ1) is 14.4. The molecule has 24 heavy (non-hydrogen) atoms. The third-order valence-electron chi connectivity index (χ3n) is 4.24. The second-order valence-electron chi connectivity index (χ2n) is 5.65. The number of aryl methyl sites for hydroxylation is 1. The van der Waals surface area contributed by atoms with Crippen LogP contribution in [0.1, 0.15) is 0 Å². The number of rotatable bonds is 3. The van der Waals surface area contributed by atoms with Crippen molar-refractivity contribution in [3.8, 4) is 0 Å². The quantitative estimate of drug-likeness (QED) is 0.583. The van der Waals surface area contributed by atoms with Crippen LogP contribution in [0.5, 0.6) is 0 Å². The van der Waals surface area contributed by atoms with Crippen LogP contribution in [-0.2, 0) is 13.1 Å². The number of imidazole rings is 1. The summed E-state index contributed by atoms with van der Waals surface area (Å²) in [4.78, 5) is 29.9. The van der Waals surface area contributed by atoms with Gasteiger partial charge in [0.25, 0.3) is 11.1 Å². The lowest BCUT2D eigenvalue weighted by molar-refractivity contribution is 0.559. The van der Waals surface area contributed by atoms with Gasteiger partial charge in [-0.3, -0.25) is 14.2 Å². The SMILES string of the molecule is O=c1c2ccccc2c2ccccc2c(=O)n1CCn1ccnc1. The topological polar surface area (TPSA) is 56.9 Å². The molecule has 0 N–H and O–H groups in total. The van der Waals surface area contributed by atoms with Gasteiger partial charge in [0.05, 0.1) is 6.33 Å². The van der Waals surface area contributed by atoms with Crippen LogP contribution >= 0.6 is 0 Å². The summed E-state index contributed by atoms with van der Waals surface area (Å²) in [5.74, 6) is 0. The summed E-state index contributed by atoms with van der Waals surface area (Å²) >= 11 is 0. The Morgan fingerprint density at radius 3 is 1.79 bits per heavy atom. The first-order valence-electron chi connectivity index (χ1n) is 7.76. The Morgan fingerprint density at radius 1 is 0.750 bits per heavy atom. The second kappa shape index (κ2) is 5.77. The number of aromatic nitrogens is 3. The fraction of sp³-hybridized carbons (Fsp3) is 0.105. The zero-order valence-corrected chi connectivity index (χ0v) is 12.9. The zero-order chi connectivity index (χ0) is 16.5. The minimum atomic E-state index is -0.257. The van der Waals surface area contributed by atoms with E-state index in [4.69, 9.17) is 0 Å². The number of benzene rings is 2. The highest BCUT2D eigenvalue weighted by atomic mass is 16.2. The summed E-state index contributed by atoms with van der Waals surface area (Å²) < 4.78 is 3.17. The maximum atomic E-state index is 13.0. The first-order valence-corrected chi connectivity index (χ1v) is 7.76. The van der Waals surface area contributed by atoms with Crippen LogP contribution < -0.4 is 11.1 Å². The molecule has 0 bridgehead atoms. The van der Waals surface area contributed by atoms with Gasteiger partial charge >= 0.3 is 0 Å². The number of nitrogens with zero attached hydrogens (tertiary/aromatic N) is 3. The molecule has 2 aromatic carbocycles. The van der Waals surface area contributed by atoms with Crippen molar-refractivity contribution in [2.45, 2.75) is 13.1 Å². The number of fused-ring (bicyclic) bond motifs is 3. The molecule has 4 rings (SSSR count). The Labute approximate surface area is 137 Å². The molecule has 4 aromatic rings. The fourth-order valence-corrected chi connectivity index (χ4v) is 3.03. The minimum Gasteiger partial charge on any atom is -0.336 e. The Balaban J connectivity index is 2.05. The molecule has 0 aliphatic rings. The van der Waals surface area contributed by atoms with E-state index in [0.29, 0.717) is 23.9 Å². The van der Waals surface area contributed by atoms with Gasteiger partial charge in [0, 0.05) is 36.3 Å². The van der Waals surface area contributed by atoms with Crippen LogP contribution in [0.2, 0.25) is 0 Å². The second-order valence-corrected chi connectivity index (χ2v) is 5.65. The van der Waals surface area contributed by atoms with Crippen molar-refractivity contribution >= 4 is 21.5 Å². The predicted octanol–water partition coefficient (Wildman–Crippen LogP) is 2.41. The third kappa shape index (κ3) is 2.31. The molecular weight excluding hydrogens is 302 g/mol. The molecule has 0 amide bonds. The average molecular weight is 317 g/mol. The molecule has 0 fully saturated rings. The van der Waals surface area contributed by atoms with Gasteiger partial charge in [-0.1, -0.05) is 36.4 Å². The summed E-state index contributed by atoms with van der Waals surface area (Å²) in [7, 11) is 0. The lowest BCUT2D eigenvalue weighted by Crippen LogP contribution is -2.31. The minimum absolute atomic E-state index is 0.257. The number of hydrogen-bond acceptors (Lipinski definition) is 3. The monoisotopic (exact) mass is 317 g/mol. The van der Waals surface area contributed by atoms with Crippen molar-refractivity contribution in [3.63, 3.8) is 0 Å². The van der Waals surface area contributed by atoms with Crippen LogP contribution in [0.3, 0.4) is 0 Å². The van der Waals surface area contributed by atoms with Gasteiger partial charge in [0.2, 0.25) is 0 Å². The summed E-state index contributed by atoms with van der Waals surface area (Å²) in [6, 6.07) is 14.7. The molecule has 0 unspecified atom stereocenters. The fourth-order valence-electron chi connectivity index (χ4n) is 3.03. The van der Waals surface area contributed by atoms with Crippen LogP contribution in [0, 0.1) is 0 Å². The van der Waals surface area contributed by atoms with E-state index in [9.17, 15) is 9.59 Å². The zero-order valence-electron chi connectivity index (χ0n) is 12.9. The van der Waals surface area contributed by atoms with Gasteiger partial charge < -0.3 is 4.57 Å². The van der Waals surface area contributed by atoms with Gasteiger partial charge in [-0.2, -0.15) is 0 Å². The van der Waals surface area contributed by atoms with Crippen molar-refractivity contribution in [1.82, 2.24) is 14.1 Å². The highest BCUT2D eigenvalue weighted by Gasteiger charge is 2.10. The van der Waals surface area contributed by atoms with Gasteiger partial charge in [0.1, 0.15) is 0 Å².